The lowest BCUT2D eigenvalue weighted by Gasteiger charge is -2.28. The maximum atomic E-state index is 9.13. The number of aryl methyl sites for hydroxylation is 1. The highest BCUT2D eigenvalue weighted by atomic mass is 32.1. The predicted molar refractivity (Wildman–Crippen MR) is 95.7 cm³/mol. The number of anilines is 1. The second-order valence-electron chi connectivity index (χ2n) is 5.77. The molecule has 0 aliphatic carbocycles. The number of hydrazine groups is 1. The normalized spacial score (nSPS) is 20.0. The second kappa shape index (κ2) is 6.27. The first kappa shape index (κ1) is 15.3. The molecule has 2 N–H and O–H groups in total. The molecular weight excluding hydrogens is 304 g/mol. The van der Waals surface area contributed by atoms with Crippen LogP contribution in [0.3, 0.4) is 0 Å². The summed E-state index contributed by atoms with van der Waals surface area (Å²) >= 11 is 5.48. The fraction of sp³-hybridized carbons (Fsp3) is 0.222. The van der Waals surface area contributed by atoms with Crippen molar-refractivity contribution in [2.24, 2.45) is 0 Å². The zero-order chi connectivity index (χ0) is 16.4. The molecule has 5 heteroatoms. The van der Waals surface area contributed by atoms with E-state index in [9.17, 15) is 0 Å². The van der Waals surface area contributed by atoms with Crippen LogP contribution in [0.2, 0.25) is 0 Å². The summed E-state index contributed by atoms with van der Waals surface area (Å²) in [6.45, 7) is 4.15. The van der Waals surface area contributed by atoms with Crippen LogP contribution in [0.5, 0.6) is 0 Å². The molecule has 0 amide bonds. The van der Waals surface area contributed by atoms with E-state index in [0.29, 0.717) is 10.7 Å². The van der Waals surface area contributed by atoms with Gasteiger partial charge in [0.1, 0.15) is 0 Å². The van der Waals surface area contributed by atoms with Gasteiger partial charge in [-0.1, -0.05) is 24.3 Å². The van der Waals surface area contributed by atoms with Crippen molar-refractivity contribution in [3.8, 4) is 6.07 Å². The zero-order valence-corrected chi connectivity index (χ0v) is 13.9. The van der Waals surface area contributed by atoms with Crippen molar-refractivity contribution in [3.63, 3.8) is 0 Å². The van der Waals surface area contributed by atoms with Gasteiger partial charge < -0.3 is 5.32 Å². The molecule has 2 atom stereocenters. The van der Waals surface area contributed by atoms with E-state index in [1.54, 1.807) is 0 Å². The van der Waals surface area contributed by atoms with Crippen molar-refractivity contribution in [2.75, 3.05) is 5.43 Å². The molecule has 0 bridgehead atoms. The van der Waals surface area contributed by atoms with Crippen LogP contribution in [-0.2, 0) is 0 Å². The third-order valence-electron chi connectivity index (χ3n) is 3.95. The molecule has 0 saturated carbocycles. The molecule has 2 unspecified atom stereocenters. The molecule has 0 radical (unpaired) electrons. The third kappa shape index (κ3) is 3.13. The lowest BCUT2D eigenvalue weighted by molar-refractivity contribution is 0.376. The van der Waals surface area contributed by atoms with E-state index >= 15 is 0 Å². The molecule has 2 aromatic carbocycles. The van der Waals surface area contributed by atoms with Gasteiger partial charge in [-0.05, 0) is 61.5 Å². The average Bonchev–Trinajstić information content (AvgIpc) is 2.81. The second-order valence-corrected chi connectivity index (χ2v) is 6.16. The molecule has 1 fully saturated rings. The summed E-state index contributed by atoms with van der Waals surface area (Å²) in [7, 11) is 0. The van der Waals surface area contributed by atoms with Gasteiger partial charge in [-0.15, -0.1) is 0 Å². The van der Waals surface area contributed by atoms with E-state index in [1.807, 2.05) is 41.4 Å². The number of benzene rings is 2. The van der Waals surface area contributed by atoms with Crippen LogP contribution >= 0.6 is 12.2 Å². The molecule has 4 nitrogen and oxygen atoms in total. The van der Waals surface area contributed by atoms with E-state index in [2.05, 4.69) is 42.8 Å². The zero-order valence-electron chi connectivity index (χ0n) is 13.1. The first-order valence-electron chi connectivity index (χ1n) is 7.51. The average molecular weight is 322 g/mol. The van der Waals surface area contributed by atoms with Crippen molar-refractivity contribution in [2.45, 2.75) is 25.9 Å². The molecule has 0 aromatic heterocycles. The monoisotopic (exact) mass is 322 g/mol. The van der Waals surface area contributed by atoms with Gasteiger partial charge in [-0.2, -0.15) is 5.26 Å². The molecule has 23 heavy (non-hydrogen) atoms. The lowest BCUT2D eigenvalue weighted by Crippen LogP contribution is -2.35. The lowest BCUT2D eigenvalue weighted by atomic mass is 10.00. The molecule has 1 aliphatic rings. The van der Waals surface area contributed by atoms with E-state index in [0.717, 1.165) is 11.3 Å². The Hall–Kier alpha value is -2.58. The van der Waals surface area contributed by atoms with Gasteiger partial charge in [0, 0.05) is 0 Å². The largest absolute Gasteiger partial charge is 0.356 e. The topological polar surface area (TPSA) is 51.1 Å². The molecule has 2 aromatic rings. The molecule has 0 spiro atoms. The summed E-state index contributed by atoms with van der Waals surface area (Å²) in [5.41, 5.74) is 7.28. The van der Waals surface area contributed by atoms with Gasteiger partial charge in [-0.3, -0.25) is 10.4 Å². The number of hydrogen-bond donors (Lipinski definition) is 2. The Balaban J connectivity index is 1.93. The molecule has 116 valence electrons. The minimum absolute atomic E-state index is 0.0244. The van der Waals surface area contributed by atoms with Gasteiger partial charge in [-0.25, -0.2) is 0 Å². The molecule has 1 heterocycles. The van der Waals surface area contributed by atoms with Crippen LogP contribution in [0.4, 0.5) is 5.69 Å². The van der Waals surface area contributed by atoms with Gasteiger partial charge >= 0.3 is 0 Å². The summed E-state index contributed by atoms with van der Waals surface area (Å²) in [6, 6.07) is 18.2. The SMILES string of the molecule is Cc1cccc(NN2C(=S)NC(C)C2c2cccc(C#N)c2)c1. The van der Waals surface area contributed by atoms with Gasteiger partial charge in [0.2, 0.25) is 0 Å². The highest BCUT2D eigenvalue weighted by Gasteiger charge is 2.35. The minimum Gasteiger partial charge on any atom is -0.356 e. The summed E-state index contributed by atoms with van der Waals surface area (Å²) < 4.78 is 0. The Bertz CT molecular complexity index is 781. The van der Waals surface area contributed by atoms with Crippen LogP contribution in [0.1, 0.15) is 29.7 Å². The third-order valence-corrected chi connectivity index (χ3v) is 4.26. The quantitative estimate of drug-likeness (QED) is 0.847. The highest BCUT2D eigenvalue weighted by molar-refractivity contribution is 7.80. The number of rotatable bonds is 3. The van der Waals surface area contributed by atoms with Crippen LogP contribution in [0, 0.1) is 18.3 Å². The van der Waals surface area contributed by atoms with Crippen LogP contribution < -0.4 is 10.7 Å². The fourth-order valence-corrected chi connectivity index (χ4v) is 3.24. The number of nitrogens with one attached hydrogen (secondary N) is 2. The first-order valence-corrected chi connectivity index (χ1v) is 7.92. The standard InChI is InChI=1S/C18H18N4S/c1-12-5-3-8-16(9-12)21-22-17(13(2)20-18(22)23)15-7-4-6-14(10-15)11-19/h3-10,13,17,21H,1-2H3,(H,20,23). The van der Waals surface area contributed by atoms with Crippen molar-refractivity contribution in [1.82, 2.24) is 10.3 Å². The summed E-state index contributed by atoms with van der Waals surface area (Å²) in [5, 5.41) is 15.1. The van der Waals surface area contributed by atoms with Crippen LogP contribution in [0.15, 0.2) is 48.5 Å². The van der Waals surface area contributed by atoms with Crippen LogP contribution in [-0.4, -0.2) is 16.2 Å². The Kier molecular flexibility index (Phi) is 4.18. The summed E-state index contributed by atoms with van der Waals surface area (Å²) in [4.78, 5) is 0. The minimum atomic E-state index is 0.0244. The summed E-state index contributed by atoms with van der Waals surface area (Å²) in [6.07, 6.45) is 0. The molecule has 1 saturated heterocycles. The number of nitriles is 1. The first-order chi connectivity index (χ1) is 11.1. The van der Waals surface area contributed by atoms with Crippen molar-refractivity contribution < 1.29 is 0 Å². The summed E-state index contributed by atoms with van der Waals surface area (Å²) in [5.74, 6) is 0. The maximum absolute atomic E-state index is 9.13. The van der Waals surface area contributed by atoms with E-state index in [-0.39, 0.29) is 12.1 Å². The number of hydrogen-bond acceptors (Lipinski definition) is 3. The Morgan fingerprint density at radius 1 is 1.22 bits per heavy atom. The van der Waals surface area contributed by atoms with E-state index in [1.165, 1.54) is 5.56 Å². The van der Waals surface area contributed by atoms with Gasteiger partial charge in [0.05, 0.1) is 29.4 Å². The Morgan fingerprint density at radius 2 is 2.00 bits per heavy atom. The molecular formula is C18H18N4S. The van der Waals surface area contributed by atoms with E-state index in [4.69, 9.17) is 17.5 Å². The predicted octanol–water partition coefficient (Wildman–Crippen LogP) is 3.51. The Morgan fingerprint density at radius 3 is 2.74 bits per heavy atom. The fourth-order valence-electron chi connectivity index (χ4n) is 2.90. The van der Waals surface area contributed by atoms with Crippen molar-refractivity contribution in [1.29, 1.82) is 5.26 Å². The van der Waals surface area contributed by atoms with E-state index < -0.39 is 0 Å². The number of nitrogens with zero attached hydrogens (tertiary/aromatic N) is 2. The van der Waals surface area contributed by atoms with Crippen molar-refractivity contribution >= 4 is 23.0 Å². The maximum Gasteiger partial charge on any atom is 0.188 e. The Labute approximate surface area is 141 Å². The molecule has 3 rings (SSSR count). The molecule has 1 aliphatic heterocycles. The smallest absolute Gasteiger partial charge is 0.188 e. The number of thiocarbonyl (C=S) groups is 1. The van der Waals surface area contributed by atoms with Gasteiger partial charge in [0.25, 0.3) is 0 Å². The van der Waals surface area contributed by atoms with Crippen molar-refractivity contribution in [3.05, 3.63) is 65.2 Å². The highest BCUT2D eigenvalue weighted by Crippen LogP contribution is 2.30. The van der Waals surface area contributed by atoms with Gasteiger partial charge in [0.15, 0.2) is 5.11 Å². The van der Waals surface area contributed by atoms with Crippen LogP contribution in [0.25, 0.3) is 0 Å².